The van der Waals surface area contributed by atoms with E-state index in [1.54, 1.807) is 12.1 Å². The summed E-state index contributed by atoms with van der Waals surface area (Å²) in [7, 11) is 0. The van der Waals surface area contributed by atoms with Gasteiger partial charge in [0, 0.05) is 11.9 Å². The predicted octanol–water partition coefficient (Wildman–Crippen LogP) is 2.19. The van der Waals surface area contributed by atoms with E-state index >= 15 is 0 Å². The lowest BCUT2D eigenvalue weighted by Gasteiger charge is -2.14. The number of aliphatic hydroxyl groups excluding tert-OH is 1. The van der Waals surface area contributed by atoms with Gasteiger partial charge in [-0.2, -0.15) is 0 Å². The van der Waals surface area contributed by atoms with Gasteiger partial charge in [-0.1, -0.05) is 36.4 Å². The Morgan fingerprint density at radius 3 is 2.64 bits per heavy atom. The fraction of sp³-hybridized carbons (Fsp3) is 0.158. The van der Waals surface area contributed by atoms with Crippen LogP contribution in [0.2, 0.25) is 0 Å². The second-order valence-electron chi connectivity index (χ2n) is 5.60. The highest BCUT2D eigenvalue weighted by Crippen LogP contribution is 2.20. The van der Waals surface area contributed by atoms with Crippen molar-refractivity contribution in [3.8, 4) is 5.75 Å². The van der Waals surface area contributed by atoms with Crippen LogP contribution in [0.25, 0.3) is 10.9 Å². The molecule has 0 saturated carbocycles. The van der Waals surface area contributed by atoms with Crippen LogP contribution >= 0.6 is 0 Å². The number of para-hydroxylation sites is 2. The first kappa shape index (κ1) is 16.7. The quantitative estimate of drug-likeness (QED) is 0.614. The molecule has 4 N–H and O–H groups in total. The van der Waals surface area contributed by atoms with E-state index in [0.29, 0.717) is 28.0 Å². The number of carbonyl (C=O) groups excluding carboxylic acids is 1. The second kappa shape index (κ2) is 7.63. The molecule has 128 valence electrons. The van der Waals surface area contributed by atoms with Crippen LogP contribution in [0.4, 0.5) is 5.82 Å². The third-order valence-electron chi connectivity index (χ3n) is 3.69. The van der Waals surface area contributed by atoms with Crippen LogP contribution in [0.1, 0.15) is 10.4 Å². The molecule has 1 heterocycles. The van der Waals surface area contributed by atoms with Gasteiger partial charge in [-0.05, 0) is 24.3 Å². The Morgan fingerprint density at radius 1 is 1.16 bits per heavy atom. The van der Waals surface area contributed by atoms with Gasteiger partial charge < -0.3 is 20.9 Å². The maximum Gasteiger partial charge on any atom is 0.249 e. The number of fused-ring (bicyclic) bond motifs is 1. The molecule has 2 aromatic carbocycles. The first-order chi connectivity index (χ1) is 12.1. The first-order valence-electron chi connectivity index (χ1n) is 7.93. The maximum atomic E-state index is 11.7. The topological polar surface area (TPSA) is 97.5 Å². The Hall–Kier alpha value is -3.12. The fourth-order valence-electron chi connectivity index (χ4n) is 2.46. The van der Waals surface area contributed by atoms with Crippen molar-refractivity contribution in [1.82, 2.24) is 4.98 Å². The number of primary amides is 1. The van der Waals surface area contributed by atoms with Crippen molar-refractivity contribution in [2.45, 2.75) is 6.10 Å². The molecule has 0 aliphatic heterocycles. The van der Waals surface area contributed by atoms with Crippen molar-refractivity contribution in [3.05, 3.63) is 66.2 Å². The largest absolute Gasteiger partial charge is 0.491 e. The number of aliphatic hydroxyl groups is 1. The number of ether oxygens (including phenoxy) is 1. The lowest BCUT2D eigenvalue weighted by molar-refractivity contribution is 0.100. The van der Waals surface area contributed by atoms with Crippen molar-refractivity contribution in [2.24, 2.45) is 5.73 Å². The monoisotopic (exact) mass is 337 g/mol. The number of aromatic nitrogens is 1. The molecule has 0 radical (unpaired) electrons. The van der Waals surface area contributed by atoms with Gasteiger partial charge >= 0.3 is 0 Å². The lowest BCUT2D eigenvalue weighted by atomic mass is 10.1. The number of hydrogen-bond donors (Lipinski definition) is 3. The molecular formula is C19H19N3O3. The number of nitrogens with zero attached hydrogens (tertiary/aromatic N) is 1. The van der Waals surface area contributed by atoms with Crippen molar-refractivity contribution >= 4 is 22.6 Å². The van der Waals surface area contributed by atoms with Crippen LogP contribution in [0.5, 0.6) is 5.75 Å². The zero-order valence-corrected chi connectivity index (χ0v) is 13.6. The highest BCUT2D eigenvalue weighted by atomic mass is 16.5. The summed E-state index contributed by atoms with van der Waals surface area (Å²) in [5.74, 6) is 0.655. The number of rotatable bonds is 7. The fourth-order valence-corrected chi connectivity index (χ4v) is 2.46. The van der Waals surface area contributed by atoms with Gasteiger partial charge in [-0.3, -0.25) is 4.79 Å². The van der Waals surface area contributed by atoms with Gasteiger partial charge in [0.1, 0.15) is 24.3 Å². The summed E-state index contributed by atoms with van der Waals surface area (Å²) in [6.45, 7) is 0.379. The Labute approximate surface area is 145 Å². The number of carbonyl (C=O) groups is 1. The van der Waals surface area contributed by atoms with Gasteiger partial charge in [0.25, 0.3) is 0 Å². The molecule has 3 rings (SSSR count). The van der Waals surface area contributed by atoms with Crippen molar-refractivity contribution in [1.29, 1.82) is 0 Å². The summed E-state index contributed by atoms with van der Waals surface area (Å²) >= 11 is 0. The number of nitrogens with two attached hydrogens (primary N) is 1. The minimum absolute atomic E-state index is 0.146. The molecule has 6 heteroatoms. The minimum Gasteiger partial charge on any atom is -0.491 e. The van der Waals surface area contributed by atoms with E-state index in [2.05, 4.69) is 10.3 Å². The summed E-state index contributed by atoms with van der Waals surface area (Å²) in [4.78, 5) is 16.1. The number of anilines is 1. The van der Waals surface area contributed by atoms with E-state index in [1.807, 2.05) is 48.5 Å². The van der Waals surface area contributed by atoms with Crippen LogP contribution < -0.4 is 15.8 Å². The molecular weight excluding hydrogens is 318 g/mol. The zero-order chi connectivity index (χ0) is 17.6. The highest BCUT2D eigenvalue weighted by Gasteiger charge is 2.11. The summed E-state index contributed by atoms with van der Waals surface area (Å²) in [5, 5.41) is 13.8. The number of benzene rings is 2. The van der Waals surface area contributed by atoms with E-state index in [0.717, 1.165) is 0 Å². The average Bonchev–Trinajstić information content (AvgIpc) is 2.64. The minimum atomic E-state index is -0.731. The van der Waals surface area contributed by atoms with Gasteiger partial charge in [-0.25, -0.2) is 4.98 Å². The zero-order valence-electron chi connectivity index (χ0n) is 13.6. The Kier molecular flexibility index (Phi) is 5.11. The van der Waals surface area contributed by atoms with E-state index in [-0.39, 0.29) is 13.2 Å². The molecule has 0 saturated heterocycles. The van der Waals surface area contributed by atoms with Crippen LogP contribution in [0, 0.1) is 0 Å². The summed E-state index contributed by atoms with van der Waals surface area (Å²) in [6, 6.07) is 18.1. The highest BCUT2D eigenvalue weighted by molar-refractivity contribution is 6.06. The molecule has 0 aliphatic carbocycles. The van der Waals surface area contributed by atoms with Gasteiger partial charge in [0.15, 0.2) is 0 Å². The molecule has 0 fully saturated rings. The second-order valence-corrected chi connectivity index (χ2v) is 5.60. The van der Waals surface area contributed by atoms with Gasteiger partial charge in [0.05, 0.1) is 11.1 Å². The van der Waals surface area contributed by atoms with E-state index < -0.39 is 12.0 Å². The van der Waals surface area contributed by atoms with E-state index in [4.69, 9.17) is 10.5 Å². The predicted molar refractivity (Wildman–Crippen MR) is 96.7 cm³/mol. The Bertz CT molecular complexity index is 868. The van der Waals surface area contributed by atoms with Crippen molar-refractivity contribution < 1.29 is 14.6 Å². The van der Waals surface area contributed by atoms with Crippen LogP contribution in [0.3, 0.4) is 0 Å². The standard InChI is InChI=1S/C19H19N3O3/c20-19(24)16-10-18(22-17-9-5-4-8-15(16)17)21-11-13(23)12-25-14-6-2-1-3-7-14/h1-10,13,23H,11-12H2,(H2,20,24)(H,21,22)/t13-/m1/s1. The molecule has 1 amide bonds. The van der Waals surface area contributed by atoms with Crippen LogP contribution in [-0.4, -0.2) is 35.3 Å². The number of pyridine rings is 1. The SMILES string of the molecule is NC(=O)c1cc(NC[C@@H](O)COc2ccccc2)nc2ccccc12. The van der Waals surface area contributed by atoms with E-state index in [1.165, 1.54) is 0 Å². The molecule has 0 aliphatic rings. The summed E-state index contributed by atoms with van der Waals surface area (Å²) in [6.07, 6.45) is -0.731. The maximum absolute atomic E-state index is 11.7. The molecule has 1 aromatic heterocycles. The number of nitrogens with one attached hydrogen (secondary N) is 1. The molecule has 25 heavy (non-hydrogen) atoms. The normalized spacial score (nSPS) is 11.9. The average molecular weight is 337 g/mol. The number of hydrogen-bond acceptors (Lipinski definition) is 5. The van der Waals surface area contributed by atoms with Crippen molar-refractivity contribution in [3.63, 3.8) is 0 Å². The first-order valence-corrected chi connectivity index (χ1v) is 7.93. The molecule has 0 spiro atoms. The summed E-state index contributed by atoms with van der Waals surface area (Å²) < 4.78 is 5.50. The van der Waals surface area contributed by atoms with E-state index in [9.17, 15) is 9.90 Å². The molecule has 0 unspecified atom stereocenters. The molecule has 1 atom stereocenters. The summed E-state index contributed by atoms with van der Waals surface area (Å²) in [5.41, 5.74) is 6.51. The molecule has 3 aromatic rings. The Morgan fingerprint density at radius 2 is 1.88 bits per heavy atom. The molecule has 0 bridgehead atoms. The number of amides is 1. The van der Waals surface area contributed by atoms with Gasteiger partial charge in [-0.15, -0.1) is 0 Å². The third kappa shape index (κ3) is 4.24. The van der Waals surface area contributed by atoms with Crippen LogP contribution in [-0.2, 0) is 0 Å². The Balaban J connectivity index is 1.65. The third-order valence-corrected chi connectivity index (χ3v) is 3.69. The lowest BCUT2D eigenvalue weighted by Crippen LogP contribution is -2.26. The molecule has 6 nitrogen and oxygen atoms in total. The van der Waals surface area contributed by atoms with Crippen molar-refractivity contribution in [2.75, 3.05) is 18.5 Å². The van der Waals surface area contributed by atoms with Gasteiger partial charge in [0.2, 0.25) is 5.91 Å². The smallest absolute Gasteiger partial charge is 0.249 e. The van der Waals surface area contributed by atoms with Crippen LogP contribution in [0.15, 0.2) is 60.7 Å².